The number of nitrogens with zero attached hydrogens (tertiary/aromatic N) is 2. The number of thioether (sulfide) groups is 1. The average molecular weight is 200 g/mol. The number of carbonyl (C=O) groups is 1. The molecule has 0 aromatic carbocycles. The highest BCUT2D eigenvalue weighted by Crippen LogP contribution is 2.15. The van der Waals surface area contributed by atoms with Crippen molar-refractivity contribution in [3.05, 3.63) is 12.4 Å². The van der Waals surface area contributed by atoms with Crippen LogP contribution in [0.4, 0.5) is 0 Å². The fraction of sp³-hybridized carbons (Fsp3) is 0.500. The summed E-state index contributed by atoms with van der Waals surface area (Å²) in [4.78, 5) is 14.4. The first-order valence-electron chi connectivity index (χ1n) is 4.09. The summed E-state index contributed by atoms with van der Waals surface area (Å²) in [7, 11) is 0. The first kappa shape index (κ1) is 10.1. The minimum Gasteiger partial charge on any atom is -0.481 e. The third kappa shape index (κ3) is 3.10. The van der Waals surface area contributed by atoms with E-state index in [0.717, 1.165) is 18.1 Å². The van der Waals surface area contributed by atoms with E-state index in [0.29, 0.717) is 0 Å². The predicted octanol–water partition coefficient (Wildman–Crippen LogP) is 1.47. The van der Waals surface area contributed by atoms with Crippen molar-refractivity contribution in [3.8, 4) is 0 Å². The van der Waals surface area contributed by atoms with E-state index in [4.69, 9.17) is 5.11 Å². The molecule has 1 rings (SSSR count). The van der Waals surface area contributed by atoms with Gasteiger partial charge in [0.1, 0.15) is 0 Å². The van der Waals surface area contributed by atoms with Crippen LogP contribution in [0.5, 0.6) is 0 Å². The molecule has 13 heavy (non-hydrogen) atoms. The Morgan fingerprint density at radius 3 is 3.15 bits per heavy atom. The Morgan fingerprint density at radius 1 is 1.77 bits per heavy atom. The number of carboxylic acids is 1. The second-order valence-corrected chi connectivity index (χ2v) is 3.53. The molecule has 0 saturated heterocycles. The third-order valence-corrected chi connectivity index (χ3v) is 2.46. The minimum absolute atomic E-state index is 0.0702. The number of hydrogen-bond donors (Lipinski definition) is 1. The molecule has 0 aliphatic carbocycles. The van der Waals surface area contributed by atoms with Crippen molar-refractivity contribution in [2.45, 2.75) is 25.0 Å². The Hall–Kier alpha value is -0.970. The largest absolute Gasteiger partial charge is 0.481 e. The molecule has 5 heteroatoms. The van der Waals surface area contributed by atoms with Crippen molar-refractivity contribution in [2.75, 3.05) is 5.75 Å². The van der Waals surface area contributed by atoms with Crippen LogP contribution < -0.4 is 0 Å². The molecule has 72 valence electrons. The lowest BCUT2D eigenvalue weighted by molar-refractivity contribution is -0.133. The van der Waals surface area contributed by atoms with E-state index in [1.54, 1.807) is 6.20 Å². The van der Waals surface area contributed by atoms with Gasteiger partial charge in [0.05, 0.1) is 5.75 Å². The molecule has 0 amide bonds. The molecule has 0 fully saturated rings. The van der Waals surface area contributed by atoms with Crippen LogP contribution in [0.1, 0.15) is 13.3 Å². The van der Waals surface area contributed by atoms with Crippen molar-refractivity contribution >= 4 is 17.7 Å². The van der Waals surface area contributed by atoms with E-state index < -0.39 is 5.97 Å². The lowest BCUT2D eigenvalue weighted by atomic mass is 10.5. The van der Waals surface area contributed by atoms with Gasteiger partial charge in [-0.3, -0.25) is 4.79 Å². The molecule has 4 nitrogen and oxygen atoms in total. The van der Waals surface area contributed by atoms with Gasteiger partial charge >= 0.3 is 5.97 Å². The summed E-state index contributed by atoms with van der Waals surface area (Å²) in [5.74, 6) is -0.739. The van der Waals surface area contributed by atoms with E-state index >= 15 is 0 Å². The van der Waals surface area contributed by atoms with E-state index in [9.17, 15) is 4.79 Å². The maximum Gasteiger partial charge on any atom is 0.313 e. The molecule has 1 aromatic rings. The van der Waals surface area contributed by atoms with Crippen molar-refractivity contribution in [1.29, 1.82) is 0 Å². The van der Waals surface area contributed by atoms with Crippen LogP contribution in [0.3, 0.4) is 0 Å². The third-order valence-electron chi connectivity index (χ3n) is 1.47. The maximum atomic E-state index is 10.3. The lowest BCUT2D eigenvalue weighted by Gasteiger charge is -2.03. The van der Waals surface area contributed by atoms with Gasteiger partial charge in [-0.1, -0.05) is 18.7 Å². The van der Waals surface area contributed by atoms with E-state index in [1.165, 1.54) is 11.8 Å². The summed E-state index contributed by atoms with van der Waals surface area (Å²) in [6.45, 7) is 2.97. The molecule has 1 aromatic heterocycles. The van der Waals surface area contributed by atoms with E-state index in [1.807, 2.05) is 10.8 Å². The Bertz CT molecular complexity index is 285. The highest BCUT2D eigenvalue weighted by Gasteiger charge is 2.04. The predicted molar refractivity (Wildman–Crippen MR) is 50.9 cm³/mol. The van der Waals surface area contributed by atoms with Gasteiger partial charge in [0.25, 0.3) is 0 Å². The van der Waals surface area contributed by atoms with Gasteiger partial charge in [-0.15, -0.1) is 0 Å². The van der Waals surface area contributed by atoms with Crippen LogP contribution in [-0.4, -0.2) is 26.4 Å². The molecule has 0 radical (unpaired) electrons. The zero-order chi connectivity index (χ0) is 9.68. The summed E-state index contributed by atoms with van der Waals surface area (Å²) in [5, 5.41) is 9.26. The Balaban J connectivity index is 2.54. The van der Waals surface area contributed by atoms with Gasteiger partial charge in [-0.2, -0.15) is 0 Å². The number of imidazole rings is 1. The second kappa shape index (κ2) is 4.91. The fourth-order valence-electron chi connectivity index (χ4n) is 0.973. The highest BCUT2D eigenvalue weighted by molar-refractivity contribution is 7.99. The molecule has 0 bridgehead atoms. The van der Waals surface area contributed by atoms with Crippen molar-refractivity contribution in [3.63, 3.8) is 0 Å². The monoisotopic (exact) mass is 200 g/mol. The molecular weight excluding hydrogens is 188 g/mol. The van der Waals surface area contributed by atoms with Crippen LogP contribution in [0.2, 0.25) is 0 Å². The summed E-state index contributed by atoms with van der Waals surface area (Å²) < 4.78 is 1.97. The standard InChI is InChI=1S/C8H12N2O2S/c1-2-4-10-5-3-9-8(10)13-6-7(11)12/h3,5H,2,4,6H2,1H3,(H,11,12). The maximum absolute atomic E-state index is 10.3. The Labute approximate surface area is 81.0 Å². The van der Waals surface area contributed by atoms with E-state index in [-0.39, 0.29) is 5.75 Å². The summed E-state index contributed by atoms with van der Waals surface area (Å²) >= 11 is 1.25. The van der Waals surface area contributed by atoms with Gasteiger partial charge in [0, 0.05) is 18.9 Å². The van der Waals surface area contributed by atoms with Crippen LogP contribution in [0, 0.1) is 0 Å². The lowest BCUT2D eigenvalue weighted by Crippen LogP contribution is -2.02. The molecule has 1 N–H and O–H groups in total. The van der Waals surface area contributed by atoms with Crippen molar-refractivity contribution in [2.24, 2.45) is 0 Å². The van der Waals surface area contributed by atoms with Crippen LogP contribution in [-0.2, 0) is 11.3 Å². The fourth-order valence-corrected chi connectivity index (χ4v) is 1.68. The molecule has 0 saturated carbocycles. The van der Waals surface area contributed by atoms with Gasteiger partial charge in [-0.05, 0) is 6.42 Å². The average Bonchev–Trinajstić information content (AvgIpc) is 2.49. The molecule has 0 unspecified atom stereocenters. The molecule has 1 heterocycles. The number of rotatable bonds is 5. The summed E-state index contributed by atoms with van der Waals surface area (Å²) in [6, 6.07) is 0. The zero-order valence-corrected chi connectivity index (χ0v) is 8.25. The number of aliphatic carboxylic acids is 1. The smallest absolute Gasteiger partial charge is 0.313 e. The summed E-state index contributed by atoms with van der Waals surface area (Å²) in [6.07, 6.45) is 4.59. The Morgan fingerprint density at radius 2 is 2.54 bits per heavy atom. The number of aromatic nitrogens is 2. The summed E-state index contributed by atoms with van der Waals surface area (Å²) in [5.41, 5.74) is 0. The van der Waals surface area contributed by atoms with Gasteiger partial charge in [0.15, 0.2) is 5.16 Å². The van der Waals surface area contributed by atoms with Crippen LogP contribution in [0.15, 0.2) is 17.6 Å². The SMILES string of the molecule is CCCn1ccnc1SCC(=O)O. The van der Waals surface area contributed by atoms with Crippen molar-refractivity contribution in [1.82, 2.24) is 9.55 Å². The van der Waals surface area contributed by atoms with Crippen LogP contribution in [0.25, 0.3) is 0 Å². The first-order chi connectivity index (χ1) is 6.24. The van der Waals surface area contributed by atoms with Gasteiger partial charge in [0.2, 0.25) is 0 Å². The molecule has 0 atom stereocenters. The number of carboxylic acid groups (broad SMARTS) is 1. The molecule has 0 aliphatic heterocycles. The normalized spacial score (nSPS) is 10.2. The van der Waals surface area contributed by atoms with Gasteiger partial charge in [-0.25, -0.2) is 4.98 Å². The molecular formula is C8H12N2O2S. The zero-order valence-electron chi connectivity index (χ0n) is 7.43. The van der Waals surface area contributed by atoms with Crippen molar-refractivity contribution < 1.29 is 9.90 Å². The first-order valence-corrected chi connectivity index (χ1v) is 5.08. The highest BCUT2D eigenvalue weighted by atomic mass is 32.2. The number of hydrogen-bond acceptors (Lipinski definition) is 3. The topological polar surface area (TPSA) is 55.1 Å². The van der Waals surface area contributed by atoms with Crippen LogP contribution >= 0.6 is 11.8 Å². The van der Waals surface area contributed by atoms with Gasteiger partial charge < -0.3 is 9.67 Å². The number of aryl methyl sites for hydroxylation is 1. The molecule has 0 spiro atoms. The Kier molecular flexibility index (Phi) is 3.82. The quantitative estimate of drug-likeness (QED) is 0.731. The molecule has 0 aliphatic rings. The minimum atomic E-state index is -0.809. The second-order valence-electron chi connectivity index (χ2n) is 2.59. The van der Waals surface area contributed by atoms with E-state index in [2.05, 4.69) is 11.9 Å².